The molecule has 2 heteroatoms. The zero-order valence-corrected chi connectivity index (χ0v) is 27.7. The Labute approximate surface area is 252 Å². The van der Waals surface area contributed by atoms with Gasteiger partial charge >= 0.3 is 5.97 Å². The first-order valence-corrected chi connectivity index (χ1v) is 18.1. The minimum absolute atomic E-state index is 0.0109. The summed E-state index contributed by atoms with van der Waals surface area (Å²) in [6.07, 6.45) is 45.2. The molecule has 236 valence electrons. The molecule has 0 spiro atoms. The van der Waals surface area contributed by atoms with E-state index in [4.69, 9.17) is 4.74 Å². The number of hydrogen-bond acceptors (Lipinski definition) is 2. The SMILES string of the molecule is CCCCC/C=C\C/C=C\CCCCCCCC(=O)OCCCCCCCCCCCCCCCCCC(C)C. The molecule has 0 saturated heterocycles. The second kappa shape index (κ2) is 34.2. The predicted octanol–water partition coefficient (Wildman–Crippen LogP) is 13.2. The first-order valence-electron chi connectivity index (χ1n) is 18.1. The minimum atomic E-state index is 0.0109. The molecular formula is C38H72O2. The molecule has 0 atom stereocenters. The number of ether oxygens (including phenoxy) is 1. The second-order valence-electron chi connectivity index (χ2n) is 12.7. The zero-order valence-electron chi connectivity index (χ0n) is 27.7. The van der Waals surface area contributed by atoms with Crippen LogP contribution in [0.1, 0.15) is 201 Å². The average molecular weight is 561 g/mol. The van der Waals surface area contributed by atoms with Gasteiger partial charge in [0.05, 0.1) is 6.61 Å². The van der Waals surface area contributed by atoms with Crippen molar-refractivity contribution in [3.63, 3.8) is 0 Å². The molecule has 0 fully saturated rings. The summed E-state index contributed by atoms with van der Waals surface area (Å²) in [7, 11) is 0. The molecule has 2 nitrogen and oxygen atoms in total. The van der Waals surface area contributed by atoms with Crippen molar-refractivity contribution in [1.29, 1.82) is 0 Å². The van der Waals surface area contributed by atoms with E-state index in [0.29, 0.717) is 13.0 Å². The molecule has 0 rings (SSSR count). The Morgan fingerprint density at radius 2 is 0.950 bits per heavy atom. The summed E-state index contributed by atoms with van der Waals surface area (Å²) in [5.74, 6) is 0.886. The van der Waals surface area contributed by atoms with Crippen LogP contribution in [-0.4, -0.2) is 12.6 Å². The lowest BCUT2D eigenvalue weighted by molar-refractivity contribution is -0.143. The molecule has 0 aromatic carbocycles. The molecule has 0 aromatic rings. The molecule has 0 heterocycles. The lowest BCUT2D eigenvalue weighted by atomic mass is 10.0. The van der Waals surface area contributed by atoms with E-state index >= 15 is 0 Å². The summed E-state index contributed by atoms with van der Waals surface area (Å²) in [5, 5.41) is 0. The monoisotopic (exact) mass is 561 g/mol. The smallest absolute Gasteiger partial charge is 0.305 e. The number of carbonyl (C=O) groups is 1. The van der Waals surface area contributed by atoms with E-state index in [-0.39, 0.29) is 5.97 Å². The Bertz CT molecular complexity index is 548. The third-order valence-corrected chi connectivity index (χ3v) is 8.02. The van der Waals surface area contributed by atoms with Gasteiger partial charge in [-0.05, 0) is 50.9 Å². The van der Waals surface area contributed by atoms with Gasteiger partial charge < -0.3 is 4.74 Å². The van der Waals surface area contributed by atoms with Crippen molar-refractivity contribution >= 4 is 5.97 Å². The average Bonchev–Trinajstić information content (AvgIpc) is 2.94. The molecule has 0 aromatic heterocycles. The van der Waals surface area contributed by atoms with E-state index in [1.165, 1.54) is 148 Å². The third-order valence-electron chi connectivity index (χ3n) is 8.02. The third kappa shape index (κ3) is 35.0. The molecule has 0 N–H and O–H groups in total. The van der Waals surface area contributed by atoms with Crippen LogP contribution in [0.5, 0.6) is 0 Å². The Morgan fingerprint density at radius 1 is 0.525 bits per heavy atom. The minimum Gasteiger partial charge on any atom is -0.466 e. The van der Waals surface area contributed by atoms with Gasteiger partial charge in [0.1, 0.15) is 0 Å². The maximum absolute atomic E-state index is 11.9. The van der Waals surface area contributed by atoms with E-state index in [2.05, 4.69) is 45.1 Å². The summed E-state index contributed by atoms with van der Waals surface area (Å²) in [6, 6.07) is 0. The fourth-order valence-electron chi connectivity index (χ4n) is 5.29. The van der Waals surface area contributed by atoms with Crippen LogP contribution in [0, 0.1) is 5.92 Å². The van der Waals surface area contributed by atoms with Crippen LogP contribution in [0.2, 0.25) is 0 Å². The standard InChI is InChI=1S/C38H72O2/c1-4-5-6-7-8-9-10-11-13-17-20-23-26-29-32-35-38(39)40-36-33-30-27-24-21-18-15-12-14-16-19-22-25-28-31-34-37(2)3/h8-9,11,13,37H,4-7,10,12,14-36H2,1-3H3/b9-8-,13-11-. The van der Waals surface area contributed by atoms with Gasteiger partial charge in [0.15, 0.2) is 0 Å². The normalized spacial score (nSPS) is 11.9. The Kier molecular flexibility index (Phi) is 33.3. The fraction of sp³-hybridized carbons (Fsp3) is 0.868. The van der Waals surface area contributed by atoms with E-state index < -0.39 is 0 Å². The van der Waals surface area contributed by atoms with Gasteiger partial charge in [0, 0.05) is 6.42 Å². The van der Waals surface area contributed by atoms with Crippen LogP contribution in [-0.2, 0) is 9.53 Å². The van der Waals surface area contributed by atoms with Crippen molar-refractivity contribution in [3.05, 3.63) is 24.3 Å². The molecule has 0 bridgehead atoms. The van der Waals surface area contributed by atoms with E-state index in [1.807, 2.05) is 0 Å². The van der Waals surface area contributed by atoms with E-state index in [1.54, 1.807) is 0 Å². The van der Waals surface area contributed by atoms with E-state index in [9.17, 15) is 4.79 Å². The number of unbranched alkanes of at least 4 members (excludes halogenated alkanes) is 22. The van der Waals surface area contributed by atoms with Crippen LogP contribution in [0.15, 0.2) is 24.3 Å². The maximum atomic E-state index is 11.9. The molecule has 0 aliphatic heterocycles. The quantitative estimate of drug-likeness (QED) is 0.0464. The first kappa shape index (κ1) is 39.0. The fourth-order valence-corrected chi connectivity index (χ4v) is 5.29. The Hall–Kier alpha value is -1.05. The number of hydrogen-bond donors (Lipinski definition) is 0. The number of rotatable bonds is 32. The summed E-state index contributed by atoms with van der Waals surface area (Å²) < 4.78 is 5.44. The van der Waals surface area contributed by atoms with Crippen molar-refractivity contribution in [1.82, 2.24) is 0 Å². The molecule has 0 aliphatic carbocycles. The molecule has 0 aliphatic rings. The van der Waals surface area contributed by atoms with Gasteiger partial charge in [-0.3, -0.25) is 4.79 Å². The van der Waals surface area contributed by atoms with Crippen LogP contribution in [0.3, 0.4) is 0 Å². The van der Waals surface area contributed by atoms with Gasteiger partial charge in [-0.15, -0.1) is 0 Å². The Morgan fingerprint density at radius 3 is 1.45 bits per heavy atom. The summed E-state index contributed by atoms with van der Waals surface area (Å²) in [4.78, 5) is 11.9. The molecule has 0 radical (unpaired) electrons. The molecular weight excluding hydrogens is 488 g/mol. The van der Waals surface area contributed by atoms with Gasteiger partial charge in [0.2, 0.25) is 0 Å². The summed E-state index contributed by atoms with van der Waals surface area (Å²) in [5.41, 5.74) is 0. The van der Waals surface area contributed by atoms with Crippen molar-refractivity contribution in [2.45, 2.75) is 201 Å². The van der Waals surface area contributed by atoms with Crippen molar-refractivity contribution in [2.75, 3.05) is 6.61 Å². The highest BCUT2D eigenvalue weighted by Crippen LogP contribution is 2.15. The largest absolute Gasteiger partial charge is 0.466 e. The molecule has 0 saturated carbocycles. The molecule has 0 amide bonds. The van der Waals surface area contributed by atoms with Crippen molar-refractivity contribution in [3.8, 4) is 0 Å². The van der Waals surface area contributed by atoms with Gasteiger partial charge in [-0.2, -0.15) is 0 Å². The van der Waals surface area contributed by atoms with Crippen LogP contribution >= 0.6 is 0 Å². The second-order valence-corrected chi connectivity index (χ2v) is 12.7. The summed E-state index contributed by atoms with van der Waals surface area (Å²) in [6.45, 7) is 7.54. The highest BCUT2D eigenvalue weighted by atomic mass is 16.5. The predicted molar refractivity (Wildman–Crippen MR) is 179 cm³/mol. The molecule has 40 heavy (non-hydrogen) atoms. The summed E-state index contributed by atoms with van der Waals surface area (Å²) >= 11 is 0. The van der Waals surface area contributed by atoms with Crippen LogP contribution in [0.25, 0.3) is 0 Å². The zero-order chi connectivity index (χ0) is 29.2. The van der Waals surface area contributed by atoms with Gasteiger partial charge in [-0.1, -0.05) is 173 Å². The Balaban J connectivity index is 3.22. The highest BCUT2D eigenvalue weighted by Gasteiger charge is 2.02. The topological polar surface area (TPSA) is 26.3 Å². The highest BCUT2D eigenvalue weighted by molar-refractivity contribution is 5.69. The number of allylic oxidation sites excluding steroid dienone is 4. The van der Waals surface area contributed by atoms with Gasteiger partial charge in [-0.25, -0.2) is 0 Å². The lowest BCUT2D eigenvalue weighted by Gasteiger charge is -2.06. The lowest BCUT2D eigenvalue weighted by Crippen LogP contribution is -2.05. The number of esters is 1. The van der Waals surface area contributed by atoms with Crippen LogP contribution < -0.4 is 0 Å². The van der Waals surface area contributed by atoms with Crippen LogP contribution in [0.4, 0.5) is 0 Å². The number of carbonyl (C=O) groups excluding carboxylic acids is 1. The van der Waals surface area contributed by atoms with Gasteiger partial charge in [0.25, 0.3) is 0 Å². The van der Waals surface area contributed by atoms with Crippen molar-refractivity contribution < 1.29 is 9.53 Å². The molecule has 0 unspecified atom stereocenters. The maximum Gasteiger partial charge on any atom is 0.305 e. The van der Waals surface area contributed by atoms with E-state index in [0.717, 1.165) is 31.6 Å². The van der Waals surface area contributed by atoms with Crippen molar-refractivity contribution in [2.24, 2.45) is 5.92 Å². The first-order chi connectivity index (χ1) is 19.7.